The van der Waals surface area contributed by atoms with E-state index >= 15 is 0 Å². The number of amides is 1. The van der Waals surface area contributed by atoms with Crippen molar-refractivity contribution in [2.75, 3.05) is 6.61 Å². The molecule has 5 nitrogen and oxygen atoms in total. The molecule has 0 unspecified atom stereocenters. The summed E-state index contributed by atoms with van der Waals surface area (Å²) < 4.78 is 7.31. The number of hydrogen-bond acceptors (Lipinski definition) is 5. The summed E-state index contributed by atoms with van der Waals surface area (Å²) in [4.78, 5) is 23.0. The molecule has 1 heterocycles. The van der Waals surface area contributed by atoms with E-state index in [0.29, 0.717) is 20.1 Å². The van der Waals surface area contributed by atoms with Gasteiger partial charge in [-0.15, -0.1) is 5.37 Å². The number of carbonyl (C=O) groups excluding carboxylic acids is 1. The van der Waals surface area contributed by atoms with Gasteiger partial charge in [0.2, 0.25) is 5.91 Å². The molecule has 128 valence electrons. The lowest BCUT2D eigenvalue weighted by atomic mass is 10.2. The highest BCUT2D eigenvalue weighted by Crippen LogP contribution is 2.33. The summed E-state index contributed by atoms with van der Waals surface area (Å²) >= 11 is 11.9. The number of halogens is 2. The topological polar surface area (TPSA) is 75.6 Å². The molecule has 24 heavy (non-hydrogen) atoms. The van der Waals surface area contributed by atoms with Gasteiger partial charge in [0.05, 0.1) is 4.47 Å². The van der Waals surface area contributed by atoms with Crippen molar-refractivity contribution in [2.45, 2.75) is 6.92 Å². The number of aliphatic carboxylic acids is 1. The molecule has 0 fully saturated rings. The minimum Gasteiger partial charge on any atom is -0.480 e. The van der Waals surface area contributed by atoms with E-state index in [2.05, 4.69) is 37.2 Å². The lowest BCUT2D eigenvalue weighted by Crippen LogP contribution is -2.21. The van der Waals surface area contributed by atoms with Crippen LogP contribution in [0.4, 0.5) is 0 Å². The largest absolute Gasteiger partial charge is 0.480 e. The van der Waals surface area contributed by atoms with Gasteiger partial charge in [0, 0.05) is 10.0 Å². The molecule has 2 N–H and O–H groups in total. The third-order valence-corrected chi connectivity index (χ3v) is 6.34. The van der Waals surface area contributed by atoms with Crippen LogP contribution in [-0.2, 0) is 19.7 Å². The maximum Gasteiger partial charge on any atom is 0.341 e. The summed E-state index contributed by atoms with van der Waals surface area (Å²) in [5.41, 5.74) is 0.699. The predicted molar refractivity (Wildman–Crippen MR) is 109 cm³/mol. The van der Waals surface area contributed by atoms with Crippen molar-refractivity contribution in [3.8, 4) is 5.75 Å². The van der Waals surface area contributed by atoms with Gasteiger partial charge in [0.15, 0.2) is 6.61 Å². The number of carbonyl (C=O) groups is 2. The molecule has 0 aliphatic carbocycles. The van der Waals surface area contributed by atoms with Crippen LogP contribution in [0.1, 0.15) is 12.5 Å². The van der Waals surface area contributed by atoms with Crippen molar-refractivity contribution in [2.24, 2.45) is 0 Å². The number of carboxylic acid groups (broad SMARTS) is 1. The quantitative estimate of drug-likeness (QED) is 0.374. The van der Waals surface area contributed by atoms with Gasteiger partial charge in [-0.25, -0.2) is 4.79 Å². The third-order valence-electron chi connectivity index (χ3n) is 2.87. The second-order valence-corrected chi connectivity index (χ2v) is 9.06. The van der Waals surface area contributed by atoms with Crippen molar-refractivity contribution in [1.29, 1.82) is 0 Å². The summed E-state index contributed by atoms with van der Waals surface area (Å²) in [5.74, 6) is -0.814. The number of carboxylic acids is 1. The summed E-state index contributed by atoms with van der Waals surface area (Å²) in [5, 5.41) is 13.0. The molecule has 0 radical (unpaired) electrons. The van der Waals surface area contributed by atoms with E-state index in [1.807, 2.05) is 19.1 Å². The predicted octanol–water partition coefficient (Wildman–Crippen LogP) is 2.72. The first-order chi connectivity index (χ1) is 11.3. The van der Waals surface area contributed by atoms with E-state index in [1.165, 1.54) is 0 Å². The van der Waals surface area contributed by atoms with Gasteiger partial charge in [-0.1, -0.05) is 47.2 Å². The molecular weight excluding hydrogens is 482 g/mol. The van der Waals surface area contributed by atoms with Gasteiger partial charge in [-0.05, 0) is 32.4 Å². The van der Waals surface area contributed by atoms with Gasteiger partial charge in [0.1, 0.15) is 5.75 Å². The van der Waals surface area contributed by atoms with Crippen molar-refractivity contribution in [1.82, 2.24) is 5.32 Å². The molecule has 0 bridgehead atoms. The van der Waals surface area contributed by atoms with E-state index in [0.717, 1.165) is 9.34 Å². The van der Waals surface area contributed by atoms with Gasteiger partial charge in [-0.3, -0.25) is 4.79 Å². The van der Waals surface area contributed by atoms with Crippen molar-refractivity contribution < 1.29 is 19.4 Å². The first kappa shape index (κ1) is 19.2. The Morgan fingerprint density at radius 3 is 2.75 bits per heavy atom. The van der Waals surface area contributed by atoms with Crippen LogP contribution >= 0.6 is 44.1 Å². The van der Waals surface area contributed by atoms with Crippen LogP contribution in [0.15, 0.2) is 27.2 Å². The zero-order chi connectivity index (χ0) is 17.9. The Balaban J connectivity index is 2.40. The van der Waals surface area contributed by atoms with Crippen LogP contribution in [0.3, 0.4) is 0 Å². The number of thiocarbonyl (C=S) groups is 1. The number of ether oxygens (including phenoxy) is 1. The van der Waals surface area contributed by atoms with E-state index in [1.54, 1.807) is 17.5 Å². The summed E-state index contributed by atoms with van der Waals surface area (Å²) in [6.07, 6.45) is 3.64. The molecule has 1 aliphatic rings. The fourth-order valence-electron chi connectivity index (χ4n) is 1.86. The Labute approximate surface area is 162 Å². The number of benzene rings is 1. The molecule has 1 aromatic carbocycles. The molecule has 2 rings (SSSR count). The summed E-state index contributed by atoms with van der Waals surface area (Å²) in [7, 11) is -0.532. The number of rotatable bonds is 5. The maximum absolute atomic E-state index is 11.4. The number of allylic oxidation sites excluding steroid dienone is 1. The number of nitrogens with one attached hydrogen (secondary N) is 1. The van der Waals surface area contributed by atoms with E-state index in [-0.39, 0.29) is 5.91 Å². The first-order valence-corrected chi connectivity index (χ1v) is 9.84. The summed E-state index contributed by atoms with van der Waals surface area (Å²) in [6.45, 7) is 1.44. The Hall–Kier alpha value is -1.16. The first-order valence-electron chi connectivity index (χ1n) is 6.56. The van der Waals surface area contributed by atoms with E-state index < -0.39 is 22.6 Å². The Bertz CT molecular complexity index is 855. The molecular formula is C15H12Br2NO4S2-. The van der Waals surface area contributed by atoms with Gasteiger partial charge in [0.25, 0.3) is 0 Å². The SMILES string of the molecule is CC(C=Cc1cc(Br)cc(Br)c1OCC(=O)O)=[S-]1=CC(=O)NC1=S. The average molecular weight is 494 g/mol. The zero-order valence-corrected chi connectivity index (χ0v) is 17.1. The molecule has 0 aromatic heterocycles. The minimum atomic E-state index is -1.06. The second kappa shape index (κ2) is 8.28. The molecule has 1 amide bonds. The van der Waals surface area contributed by atoms with Crippen LogP contribution in [0.2, 0.25) is 0 Å². The van der Waals surface area contributed by atoms with Gasteiger partial charge >= 0.3 is 5.97 Å². The van der Waals surface area contributed by atoms with E-state index in [9.17, 15) is 9.59 Å². The monoisotopic (exact) mass is 492 g/mol. The van der Waals surface area contributed by atoms with Crippen molar-refractivity contribution in [3.63, 3.8) is 0 Å². The molecule has 9 heteroatoms. The normalized spacial score (nSPS) is 17.6. The van der Waals surface area contributed by atoms with Gasteiger partial charge < -0.3 is 25.2 Å². The maximum atomic E-state index is 11.4. The second-order valence-electron chi connectivity index (χ2n) is 4.66. The highest BCUT2D eigenvalue weighted by Gasteiger charge is 2.10. The van der Waals surface area contributed by atoms with Crippen LogP contribution in [0, 0.1) is 0 Å². The Morgan fingerprint density at radius 1 is 1.46 bits per heavy atom. The highest BCUT2D eigenvalue weighted by molar-refractivity contribution is 9.11. The fraction of sp³-hybridized carbons (Fsp3) is 0.133. The average Bonchev–Trinajstić information content (AvgIpc) is 2.82. The molecule has 1 aliphatic heterocycles. The van der Waals surface area contributed by atoms with Crippen molar-refractivity contribution >= 4 is 86.7 Å². The van der Waals surface area contributed by atoms with Crippen LogP contribution in [0.5, 0.6) is 5.75 Å². The Morgan fingerprint density at radius 2 is 2.17 bits per heavy atom. The minimum absolute atomic E-state index is 0.188. The standard InChI is InChI=1S/C15H12Br2NO4S2/c1-8(24-7-12(19)18-15(24)23)2-3-9-4-10(16)5-11(17)14(9)22-6-13(20)21/h2-5,7H,6H2,1H3,(H,20,21)(H,18,19,23)/q-1. The lowest BCUT2D eigenvalue weighted by molar-refractivity contribution is -0.139. The summed E-state index contributed by atoms with van der Waals surface area (Å²) in [6, 6.07) is 3.59. The molecule has 0 spiro atoms. The van der Waals surface area contributed by atoms with Crippen LogP contribution < -0.4 is 10.1 Å². The molecule has 0 saturated carbocycles. The lowest BCUT2D eigenvalue weighted by Gasteiger charge is -2.12. The van der Waals surface area contributed by atoms with Gasteiger partial charge in [-0.2, -0.15) is 4.86 Å². The van der Waals surface area contributed by atoms with Crippen LogP contribution in [-0.4, -0.2) is 38.1 Å². The van der Waals surface area contributed by atoms with Crippen LogP contribution in [0.25, 0.3) is 6.08 Å². The highest BCUT2D eigenvalue weighted by atomic mass is 79.9. The molecule has 0 saturated heterocycles. The third kappa shape index (κ3) is 4.92. The van der Waals surface area contributed by atoms with Crippen molar-refractivity contribution in [3.05, 3.63) is 32.7 Å². The zero-order valence-electron chi connectivity index (χ0n) is 12.3. The smallest absolute Gasteiger partial charge is 0.341 e. The fourth-order valence-corrected chi connectivity index (χ4v) is 5.15. The Kier molecular flexibility index (Phi) is 6.62. The molecule has 0 atom stereocenters. The number of hydrogen-bond donors (Lipinski definition) is 2. The van der Waals surface area contributed by atoms with E-state index in [4.69, 9.17) is 22.1 Å². The molecule has 1 aromatic rings.